The van der Waals surface area contributed by atoms with Crippen molar-refractivity contribution in [1.82, 2.24) is 5.32 Å². The molecule has 0 aromatic carbocycles. The van der Waals surface area contributed by atoms with Gasteiger partial charge in [-0.25, -0.2) is 0 Å². The third-order valence-corrected chi connectivity index (χ3v) is 3.49. The fourth-order valence-corrected chi connectivity index (χ4v) is 2.43. The summed E-state index contributed by atoms with van der Waals surface area (Å²) in [5.41, 5.74) is 0.410. The van der Waals surface area contributed by atoms with Crippen LogP contribution in [0, 0.1) is 12.3 Å². The molecule has 1 nitrogen and oxygen atoms in total. The Bertz CT molecular complexity index is 182. The van der Waals surface area contributed by atoms with Gasteiger partial charge < -0.3 is 5.32 Å². The van der Waals surface area contributed by atoms with Crippen molar-refractivity contribution >= 4 is 0 Å². The van der Waals surface area contributed by atoms with Gasteiger partial charge in [-0.3, -0.25) is 0 Å². The van der Waals surface area contributed by atoms with Gasteiger partial charge in [-0.05, 0) is 38.6 Å². The van der Waals surface area contributed by atoms with Gasteiger partial charge in [0.2, 0.25) is 0 Å². The average molecular weight is 193 g/mol. The molecule has 1 unspecified atom stereocenters. The molecule has 0 bridgehead atoms. The fourth-order valence-electron chi connectivity index (χ4n) is 2.43. The lowest BCUT2D eigenvalue weighted by molar-refractivity contribution is 0.278. The summed E-state index contributed by atoms with van der Waals surface area (Å²) in [5, 5.41) is 3.74. The minimum absolute atomic E-state index is 0.410. The fraction of sp³-hybridized carbons (Fsp3) is 0.846. The Labute approximate surface area is 88.7 Å². The lowest BCUT2D eigenvalue weighted by Gasteiger charge is -2.32. The molecule has 1 rings (SSSR count). The Morgan fingerprint density at radius 1 is 1.36 bits per heavy atom. The molecule has 0 radical (unpaired) electrons. The monoisotopic (exact) mass is 193 g/mol. The molecular formula is C13H23N. The molecule has 1 aliphatic rings. The summed E-state index contributed by atoms with van der Waals surface area (Å²) in [4.78, 5) is 0. The minimum Gasteiger partial charge on any atom is -0.311 e. The van der Waals surface area contributed by atoms with Crippen LogP contribution in [0.25, 0.3) is 0 Å². The average Bonchev–Trinajstić information content (AvgIpc) is 2.45. The molecule has 0 saturated carbocycles. The first-order valence-electron chi connectivity index (χ1n) is 6.01. The molecule has 1 fully saturated rings. The summed E-state index contributed by atoms with van der Waals surface area (Å²) in [6.07, 6.45) is 15.4. The van der Waals surface area contributed by atoms with E-state index in [1.807, 2.05) is 0 Å². The zero-order chi connectivity index (χ0) is 10.3. The van der Waals surface area contributed by atoms with Gasteiger partial charge in [0.05, 0.1) is 0 Å². The van der Waals surface area contributed by atoms with E-state index < -0.39 is 0 Å². The first-order valence-corrected chi connectivity index (χ1v) is 6.01. The maximum atomic E-state index is 5.29. The van der Waals surface area contributed by atoms with Crippen molar-refractivity contribution in [1.29, 1.82) is 0 Å². The molecule has 80 valence electrons. The van der Waals surface area contributed by atoms with Crippen molar-refractivity contribution in [3.63, 3.8) is 0 Å². The molecule has 0 aromatic rings. The van der Waals surface area contributed by atoms with Gasteiger partial charge in [-0.15, -0.1) is 12.3 Å². The smallest absolute Gasteiger partial charge is 0.0179 e. The van der Waals surface area contributed by atoms with E-state index in [0.29, 0.717) is 5.54 Å². The highest BCUT2D eigenvalue weighted by Crippen LogP contribution is 2.27. The summed E-state index contributed by atoms with van der Waals surface area (Å²) in [7, 11) is 0. The number of hydrogen-bond acceptors (Lipinski definition) is 1. The lowest BCUT2D eigenvalue weighted by Crippen LogP contribution is -2.43. The molecular weight excluding hydrogens is 170 g/mol. The SMILES string of the molecule is C#CCCCC1(CC)CCCCCN1. The quantitative estimate of drug-likeness (QED) is 0.534. The van der Waals surface area contributed by atoms with Crippen LogP contribution in [0.5, 0.6) is 0 Å². The molecule has 1 N–H and O–H groups in total. The van der Waals surface area contributed by atoms with Crippen molar-refractivity contribution < 1.29 is 0 Å². The molecule has 0 aliphatic carbocycles. The van der Waals surface area contributed by atoms with Crippen molar-refractivity contribution in [2.75, 3.05) is 6.54 Å². The van der Waals surface area contributed by atoms with Gasteiger partial charge in [0.25, 0.3) is 0 Å². The summed E-state index contributed by atoms with van der Waals surface area (Å²) in [6, 6.07) is 0. The van der Waals surface area contributed by atoms with Crippen LogP contribution in [0.2, 0.25) is 0 Å². The van der Waals surface area contributed by atoms with Gasteiger partial charge in [-0.2, -0.15) is 0 Å². The summed E-state index contributed by atoms with van der Waals surface area (Å²) >= 11 is 0. The minimum atomic E-state index is 0.410. The lowest BCUT2D eigenvalue weighted by atomic mass is 9.85. The number of hydrogen-bond donors (Lipinski definition) is 1. The maximum absolute atomic E-state index is 5.29. The van der Waals surface area contributed by atoms with Gasteiger partial charge in [0.1, 0.15) is 0 Å². The van der Waals surface area contributed by atoms with Gasteiger partial charge in [0, 0.05) is 12.0 Å². The van der Waals surface area contributed by atoms with Crippen LogP contribution in [0.4, 0.5) is 0 Å². The Morgan fingerprint density at radius 2 is 2.21 bits per heavy atom. The second-order valence-corrected chi connectivity index (χ2v) is 4.43. The van der Waals surface area contributed by atoms with Crippen LogP contribution >= 0.6 is 0 Å². The van der Waals surface area contributed by atoms with Crippen LogP contribution in [0.15, 0.2) is 0 Å². The summed E-state index contributed by atoms with van der Waals surface area (Å²) in [6.45, 7) is 3.50. The van der Waals surface area contributed by atoms with Gasteiger partial charge >= 0.3 is 0 Å². The summed E-state index contributed by atoms with van der Waals surface area (Å²) < 4.78 is 0. The van der Waals surface area contributed by atoms with E-state index >= 15 is 0 Å². The van der Waals surface area contributed by atoms with E-state index in [-0.39, 0.29) is 0 Å². The third-order valence-electron chi connectivity index (χ3n) is 3.49. The van der Waals surface area contributed by atoms with Gasteiger partial charge in [-0.1, -0.05) is 19.8 Å². The molecule has 0 amide bonds. The normalized spacial score (nSPS) is 28.0. The number of rotatable bonds is 4. The van der Waals surface area contributed by atoms with E-state index in [0.717, 1.165) is 6.42 Å². The Morgan fingerprint density at radius 3 is 2.93 bits per heavy atom. The van der Waals surface area contributed by atoms with Crippen molar-refractivity contribution in [3.05, 3.63) is 0 Å². The molecule has 0 aromatic heterocycles. The van der Waals surface area contributed by atoms with Crippen molar-refractivity contribution in [2.24, 2.45) is 0 Å². The van der Waals surface area contributed by atoms with E-state index in [4.69, 9.17) is 6.42 Å². The van der Waals surface area contributed by atoms with E-state index in [1.165, 1.54) is 51.5 Å². The predicted molar refractivity (Wildman–Crippen MR) is 62.2 cm³/mol. The highest BCUT2D eigenvalue weighted by Gasteiger charge is 2.27. The first kappa shape index (κ1) is 11.6. The zero-order valence-electron chi connectivity index (χ0n) is 9.44. The molecule has 1 atom stereocenters. The molecule has 1 heterocycles. The van der Waals surface area contributed by atoms with Crippen molar-refractivity contribution in [3.8, 4) is 12.3 Å². The van der Waals surface area contributed by atoms with Gasteiger partial charge in [0.15, 0.2) is 0 Å². The Kier molecular flexibility index (Phi) is 5.04. The molecule has 1 aliphatic heterocycles. The van der Waals surface area contributed by atoms with Crippen LogP contribution in [0.3, 0.4) is 0 Å². The van der Waals surface area contributed by atoms with E-state index in [1.54, 1.807) is 0 Å². The number of terminal acetylenes is 1. The van der Waals surface area contributed by atoms with E-state index in [2.05, 4.69) is 18.2 Å². The topological polar surface area (TPSA) is 12.0 Å². The standard InChI is InChI=1S/C13H23N/c1-3-5-7-10-13(4-2)11-8-6-9-12-14-13/h1,14H,4-12H2,2H3. The zero-order valence-corrected chi connectivity index (χ0v) is 9.44. The van der Waals surface area contributed by atoms with E-state index in [9.17, 15) is 0 Å². The van der Waals surface area contributed by atoms with Crippen LogP contribution in [-0.4, -0.2) is 12.1 Å². The highest BCUT2D eigenvalue weighted by atomic mass is 15.0. The Hall–Kier alpha value is -0.480. The summed E-state index contributed by atoms with van der Waals surface area (Å²) in [5.74, 6) is 2.74. The molecule has 14 heavy (non-hydrogen) atoms. The Balaban J connectivity index is 2.41. The van der Waals surface area contributed by atoms with Crippen LogP contribution in [-0.2, 0) is 0 Å². The predicted octanol–water partition coefficient (Wildman–Crippen LogP) is 3.10. The first-order chi connectivity index (χ1) is 6.83. The second kappa shape index (κ2) is 6.09. The molecule has 1 heteroatoms. The number of nitrogens with one attached hydrogen (secondary N) is 1. The number of unbranched alkanes of at least 4 members (excludes halogenated alkanes) is 1. The molecule has 1 saturated heterocycles. The van der Waals surface area contributed by atoms with Crippen molar-refractivity contribution in [2.45, 2.75) is 63.8 Å². The third kappa shape index (κ3) is 3.35. The van der Waals surface area contributed by atoms with Crippen LogP contribution in [0.1, 0.15) is 58.3 Å². The van der Waals surface area contributed by atoms with Crippen LogP contribution < -0.4 is 5.32 Å². The largest absolute Gasteiger partial charge is 0.311 e. The highest BCUT2D eigenvalue weighted by molar-refractivity contribution is 4.91. The maximum Gasteiger partial charge on any atom is 0.0179 e. The molecule has 0 spiro atoms. The second-order valence-electron chi connectivity index (χ2n) is 4.43.